The highest BCUT2D eigenvalue weighted by atomic mass is 16.6. The lowest BCUT2D eigenvalue weighted by Gasteiger charge is -2.17. The topological polar surface area (TPSA) is 116 Å². The van der Waals surface area contributed by atoms with Crippen LogP contribution >= 0.6 is 0 Å². The van der Waals surface area contributed by atoms with Crippen LogP contribution in [0.25, 0.3) is 5.82 Å². The van der Waals surface area contributed by atoms with Gasteiger partial charge in [-0.2, -0.15) is 4.68 Å². The number of nitrogens with zero attached hydrogens (tertiary/aromatic N) is 6. The summed E-state index contributed by atoms with van der Waals surface area (Å²) < 4.78 is 5.84. The van der Waals surface area contributed by atoms with Crippen molar-refractivity contribution in [1.82, 2.24) is 30.2 Å². The summed E-state index contributed by atoms with van der Waals surface area (Å²) in [7, 11) is 0. The van der Waals surface area contributed by atoms with E-state index >= 15 is 0 Å². The molecule has 0 bridgehead atoms. The minimum Gasteiger partial charge on any atom is -0.378 e. The number of hydrogen-bond acceptors (Lipinski definition) is 7. The van der Waals surface area contributed by atoms with E-state index in [0.717, 1.165) is 0 Å². The number of anilines is 1. The molecule has 0 aliphatic rings. The van der Waals surface area contributed by atoms with Crippen molar-refractivity contribution in [1.29, 1.82) is 0 Å². The van der Waals surface area contributed by atoms with E-state index in [4.69, 9.17) is 5.73 Å². The smallest absolute Gasteiger partial charge is 0.276 e. The van der Waals surface area contributed by atoms with Crippen molar-refractivity contribution in [3.8, 4) is 5.82 Å². The molecule has 0 aliphatic carbocycles. The lowest BCUT2D eigenvalue weighted by molar-refractivity contribution is 0.0766. The third kappa shape index (κ3) is 2.14. The predicted molar refractivity (Wildman–Crippen MR) is 65.6 cm³/mol. The Labute approximate surface area is 109 Å². The van der Waals surface area contributed by atoms with Crippen molar-refractivity contribution in [2.45, 2.75) is 20.8 Å². The second-order valence-electron chi connectivity index (χ2n) is 3.89. The molecule has 0 radical (unpaired) electrons. The number of hydrogen-bond donors (Lipinski definition) is 1. The summed E-state index contributed by atoms with van der Waals surface area (Å²) in [5.74, 6) is 0.141. The maximum Gasteiger partial charge on any atom is 0.276 e. The molecule has 2 aromatic heterocycles. The second-order valence-corrected chi connectivity index (χ2v) is 3.89. The number of carbonyl (C=O) groups is 1. The van der Waals surface area contributed by atoms with E-state index in [1.165, 1.54) is 4.68 Å². The Kier molecular flexibility index (Phi) is 3.45. The van der Waals surface area contributed by atoms with Crippen LogP contribution in [0.5, 0.6) is 0 Å². The highest BCUT2D eigenvalue weighted by molar-refractivity contribution is 5.93. The van der Waals surface area contributed by atoms with Crippen LogP contribution in [-0.4, -0.2) is 49.2 Å². The largest absolute Gasteiger partial charge is 0.378 e. The van der Waals surface area contributed by atoms with Crippen LogP contribution in [0, 0.1) is 6.92 Å². The normalized spacial score (nSPS) is 10.7. The first kappa shape index (κ1) is 13.0. The summed E-state index contributed by atoms with van der Waals surface area (Å²) in [6.45, 7) is 6.73. The van der Waals surface area contributed by atoms with Crippen LogP contribution in [0.15, 0.2) is 4.63 Å². The molecule has 0 spiro atoms. The van der Waals surface area contributed by atoms with Crippen LogP contribution in [0.1, 0.15) is 30.0 Å². The summed E-state index contributed by atoms with van der Waals surface area (Å²) in [5, 5.41) is 14.8. The Morgan fingerprint density at radius 2 is 2.05 bits per heavy atom. The molecule has 19 heavy (non-hydrogen) atoms. The second kappa shape index (κ2) is 5.04. The Morgan fingerprint density at radius 3 is 2.58 bits per heavy atom. The lowest BCUT2D eigenvalue weighted by atomic mass is 10.3. The molecule has 2 rings (SSSR count). The van der Waals surface area contributed by atoms with Crippen molar-refractivity contribution < 1.29 is 9.42 Å². The standard InChI is InChI=1S/C10H15N7O2/c1-4-16(5-2)10(18)7-6(3)17(15-12-7)9-8(11)13-19-14-9/h4-5H2,1-3H3,(H2,11,13). The van der Waals surface area contributed by atoms with Gasteiger partial charge in [0.2, 0.25) is 11.6 Å². The summed E-state index contributed by atoms with van der Waals surface area (Å²) in [6, 6.07) is 0. The van der Waals surface area contributed by atoms with Gasteiger partial charge in [0.05, 0.1) is 5.69 Å². The van der Waals surface area contributed by atoms with Gasteiger partial charge in [-0.15, -0.1) is 5.10 Å². The highest BCUT2D eigenvalue weighted by Gasteiger charge is 2.23. The Morgan fingerprint density at radius 1 is 1.37 bits per heavy atom. The molecule has 0 saturated carbocycles. The van der Waals surface area contributed by atoms with Gasteiger partial charge in [-0.3, -0.25) is 4.79 Å². The van der Waals surface area contributed by atoms with E-state index in [9.17, 15) is 4.79 Å². The van der Waals surface area contributed by atoms with Crippen LogP contribution in [-0.2, 0) is 0 Å². The van der Waals surface area contributed by atoms with Gasteiger partial charge in [0.15, 0.2) is 5.69 Å². The number of amides is 1. The zero-order valence-corrected chi connectivity index (χ0v) is 11.0. The minimum atomic E-state index is -0.177. The summed E-state index contributed by atoms with van der Waals surface area (Å²) in [5.41, 5.74) is 6.40. The van der Waals surface area contributed by atoms with Gasteiger partial charge in [-0.1, -0.05) is 5.21 Å². The number of nitrogens with two attached hydrogens (primary N) is 1. The van der Waals surface area contributed by atoms with Crippen molar-refractivity contribution >= 4 is 11.7 Å². The Bertz CT molecular complexity index is 584. The monoisotopic (exact) mass is 265 g/mol. The molecular formula is C10H15N7O2. The fourth-order valence-corrected chi connectivity index (χ4v) is 1.73. The van der Waals surface area contributed by atoms with Gasteiger partial charge < -0.3 is 10.6 Å². The molecule has 0 atom stereocenters. The van der Waals surface area contributed by atoms with Crippen molar-refractivity contribution in [3.63, 3.8) is 0 Å². The molecule has 102 valence electrons. The van der Waals surface area contributed by atoms with Gasteiger partial charge >= 0.3 is 0 Å². The average Bonchev–Trinajstić information content (AvgIpc) is 2.96. The van der Waals surface area contributed by atoms with E-state index in [1.807, 2.05) is 13.8 Å². The van der Waals surface area contributed by atoms with Crippen molar-refractivity contribution in [2.75, 3.05) is 18.8 Å². The first-order chi connectivity index (χ1) is 9.10. The summed E-state index contributed by atoms with van der Waals surface area (Å²) in [4.78, 5) is 13.9. The van der Waals surface area contributed by atoms with Gasteiger partial charge in [-0.05, 0) is 31.1 Å². The molecule has 0 aromatic carbocycles. The van der Waals surface area contributed by atoms with E-state index < -0.39 is 0 Å². The molecule has 2 heterocycles. The quantitative estimate of drug-likeness (QED) is 0.828. The number of aromatic nitrogens is 5. The SMILES string of the molecule is CCN(CC)C(=O)c1nnn(-c2nonc2N)c1C. The van der Waals surface area contributed by atoms with Gasteiger partial charge in [0.25, 0.3) is 5.91 Å². The maximum absolute atomic E-state index is 12.2. The van der Waals surface area contributed by atoms with Gasteiger partial charge in [0.1, 0.15) is 0 Å². The number of rotatable bonds is 4. The van der Waals surface area contributed by atoms with Crippen LogP contribution < -0.4 is 5.73 Å². The highest BCUT2D eigenvalue weighted by Crippen LogP contribution is 2.15. The third-order valence-electron chi connectivity index (χ3n) is 2.84. The molecule has 9 heteroatoms. The van der Waals surface area contributed by atoms with Crippen LogP contribution in [0.3, 0.4) is 0 Å². The summed E-state index contributed by atoms with van der Waals surface area (Å²) in [6.07, 6.45) is 0. The molecule has 0 fully saturated rings. The van der Waals surface area contributed by atoms with Crippen molar-refractivity contribution in [3.05, 3.63) is 11.4 Å². The first-order valence-electron chi connectivity index (χ1n) is 5.90. The lowest BCUT2D eigenvalue weighted by Crippen LogP contribution is -2.31. The molecule has 0 aliphatic heterocycles. The van der Waals surface area contributed by atoms with E-state index in [2.05, 4.69) is 25.3 Å². The fraction of sp³-hybridized carbons (Fsp3) is 0.500. The van der Waals surface area contributed by atoms with Crippen LogP contribution in [0.2, 0.25) is 0 Å². The van der Waals surface area contributed by atoms with Gasteiger partial charge in [0, 0.05) is 13.1 Å². The molecule has 2 N–H and O–H groups in total. The third-order valence-corrected chi connectivity index (χ3v) is 2.84. The molecule has 0 unspecified atom stereocenters. The molecule has 1 amide bonds. The first-order valence-corrected chi connectivity index (χ1v) is 5.90. The van der Waals surface area contributed by atoms with Crippen LogP contribution in [0.4, 0.5) is 5.82 Å². The average molecular weight is 265 g/mol. The predicted octanol–water partition coefficient (Wildman–Crippen LogP) is 0.0229. The van der Waals surface area contributed by atoms with E-state index in [-0.39, 0.29) is 23.2 Å². The zero-order chi connectivity index (χ0) is 14.0. The molecular weight excluding hydrogens is 250 g/mol. The molecule has 9 nitrogen and oxygen atoms in total. The summed E-state index contributed by atoms with van der Waals surface area (Å²) >= 11 is 0. The number of nitrogen functional groups attached to an aromatic ring is 1. The zero-order valence-electron chi connectivity index (χ0n) is 11.0. The van der Waals surface area contributed by atoms with Gasteiger partial charge in [-0.25, -0.2) is 4.63 Å². The fourth-order valence-electron chi connectivity index (χ4n) is 1.73. The minimum absolute atomic E-state index is 0.0924. The van der Waals surface area contributed by atoms with E-state index in [0.29, 0.717) is 18.8 Å². The Balaban J connectivity index is 2.39. The van der Waals surface area contributed by atoms with E-state index in [1.54, 1.807) is 11.8 Å². The maximum atomic E-state index is 12.2. The number of carbonyl (C=O) groups excluding carboxylic acids is 1. The molecule has 0 saturated heterocycles. The van der Waals surface area contributed by atoms with Crippen molar-refractivity contribution in [2.24, 2.45) is 0 Å². The molecule has 2 aromatic rings. The Hall–Kier alpha value is -2.45.